The Balaban J connectivity index is 1.47. The highest BCUT2D eigenvalue weighted by atomic mass is 19.1. The number of amides is 2. The highest BCUT2D eigenvalue weighted by Gasteiger charge is 2.37. The molecule has 0 bridgehead atoms. The van der Waals surface area contributed by atoms with Gasteiger partial charge < -0.3 is 10.3 Å². The van der Waals surface area contributed by atoms with Gasteiger partial charge in [0.15, 0.2) is 0 Å². The molecule has 0 saturated heterocycles. The first-order valence-electron chi connectivity index (χ1n) is 14.8. The summed E-state index contributed by atoms with van der Waals surface area (Å²) in [4.78, 5) is 33.8. The minimum Gasteiger partial charge on any atom is -0.351 e. The Labute approximate surface area is 240 Å². The van der Waals surface area contributed by atoms with Crippen molar-refractivity contribution in [1.82, 2.24) is 10.3 Å². The Morgan fingerprint density at radius 2 is 1.56 bits per heavy atom. The normalized spacial score (nSPS) is 16.0. The SMILES string of the molecule is O=C(NC1CCCCC1)[C@H](c1ccc(F)cc1)N(C(=O)c1ccc(-c2ccccc2)[nH]1)c1cccc2c1CCCC2. The smallest absolute Gasteiger partial charge is 0.275 e. The molecule has 5 nitrogen and oxygen atoms in total. The van der Waals surface area contributed by atoms with Crippen LogP contribution in [0, 0.1) is 5.82 Å². The number of H-pyrrole nitrogens is 1. The van der Waals surface area contributed by atoms with Gasteiger partial charge in [0.1, 0.15) is 17.6 Å². The lowest BCUT2D eigenvalue weighted by molar-refractivity contribution is -0.123. The van der Waals surface area contributed by atoms with Crippen LogP contribution in [0.3, 0.4) is 0 Å². The summed E-state index contributed by atoms with van der Waals surface area (Å²) in [6, 6.07) is 24.7. The van der Waals surface area contributed by atoms with Gasteiger partial charge in [0.25, 0.3) is 5.91 Å². The van der Waals surface area contributed by atoms with Gasteiger partial charge in [0, 0.05) is 17.4 Å². The van der Waals surface area contributed by atoms with Crippen molar-refractivity contribution in [3.63, 3.8) is 0 Å². The van der Waals surface area contributed by atoms with Crippen molar-refractivity contribution in [2.24, 2.45) is 0 Å². The zero-order valence-corrected chi connectivity index (χ0v) is 23.2. The minimum atomic E-state index is -0.957. The number of aromatic nitrogens is 1. The van der Waals surface area contributed by atoms with E-state index in [1.165, 1.54) is 24.1 Å². The van der Waals surface area contributed by atoms with E-state index in [4.69, 9.17) is 0 Å². The molecule has 4 aromatic rings. The Morgan fingerprint density at radius 3 is 2.34 bits per heavy atom. The van der Waals surface area contributed by atoms with Gasteiger partial charge in [-0.15, -0.1) is 0 Å². The standard InChI is InChI=1S/C35H36FN3O2/c36-27-20-18-26(19-21-27)33(34(40)37-28-14-5-2-6-15-28)39(32-17-9-13-24-10-7-8-16-29(24)32)35(41)31-23-22-30(38-31)25-11-3-1-4-12-25/h1,3-4,9,11-13,17-23,28,33,38H,2,5-8,10,14-16H2,(H,37,40)/t33-/m0/s1. The molecule has 1 fully saturated rings. The average Bonchev–Trinajstić information content (AvgIpc) is 3.52. The molecule has 1 heterocycles. The molecule has 0 aliphatic heterocycles. The number of rotatable bonds is 7. The zero-order chi connectivity index (χ0) is 28.2. The molecule has 210 valence electrons. The van der Waals surface area contributed by atoms with Gasteiger partial charge in [-0.25, -0.2) is 4.39 Å². The van der Waals surface area contributed by atoms with Crippen molar-refractivity contribution in [2.75, 3.05) is 4.90 Å². The first-order valence-corrected chi connectivity index (χ1v) is 14.8. The van der Waals surface area contributed by atoms with Crippen LogP contribution < -0.4 is 10.2 Å². The van der Waals surface area contributed by atoms with E-state index in [0.717, 1.165) is 73.9 Å². The molecule has 1 saturated carbocycles. The van der Waals surface area contributed by atoms with Gasteiger partial charge in [-0.2, -0.15) is 0 Å². The fourth-order valence-corrected chi connectivity index (χ4v) is 6.38. The topological polar surface area (TPSA) is 65.2 Å². The third-order valence-corrected chi connectivity index (χ3v) is 8.49. The molecule has 0 unspecified atom stereocenters. The molecule has 41 heavy (non-hydrogen) atoms. The molecule has 2 N–H and O–H groups in total. The van der Waals surface area contributed by atoms with Crippen LogP contribution in [-0.2, 0) is 17.6 Å². The van der Waals surface area contributed by atoms with Crippen LogP contribution in [0.1, 0.15) is 78.2 Å². The Morgan fingerprint density at radius 1 is 0.805 bits per heavy atom. The van der Waals surface area contributed by atoms with E-state index in [0.29, 0.717) is 11.3 Å². The maximum absolute atomic E-state index is 14.6. The second kappa shape index (κ2) is 12.1. The highest BCUT2D eigenvalue weighted by molar-refractivity contribution is 6.10. The van der Waals surface area contributed by atoms with Crippen LogP contribution in [0.2, 0.25) is 0 Å². The molecular formula is C35H36FN3O2. The van der Waals surface area contributed by atoms with Crippen LogP contribution in [-0.4, -0.2) is 22.8 Å². The molecule has 2 amide bonds. The third kappa shape index (κ3) is 5.83. The largest absolute Gasteiger partial charge is 0.351 e. The second-order valence-electron chi connectivity index (χ2n) is 11.2. The maximum Gasteiger partial charge on any atom is 0.275 e. The molecule has 6 heteroatoms. The van der Waals surface area contributed by atoms with Crippen molar-refractivity contribution in [3.8, 4) is 11.3 Å². The van der Waals surface area contributed by atoms with Gasteiger partial charge in [-0.05, 0) is 91.1 Å². The van der Waals surface area contributed by atoms with Crippen LogP contribution in [0.25, 0.3) is 11.3 Å². The highest BCUT2D eigenvalue weighted by Crippen LogP contribution is 2.37. The van der Waals surface area contributed by atoms with E-state index in [1.807, 2.05) is 48.5 Å². The van der Waals surface area contributed by atoms with Gasteiger partial charge in [-0.1, -0.05) is 73.9 Å². The van der Waals surface area contributed by atoms with Crippen molar-refractivity contribution >= 4 is 17.5 Å². The molecular weight excluding hydrogens is 513 g/mol. The number of fused-ring (bicyclic) bond motifs is 1. The summed E-state index contributed by atoms with van der Waals surface area (Å²) in [5.74, 6) is -0.911. The number of anilines is 1. The van der Waals surface area contributed by atoms with Crippen LogP contribution >= 0.6 is 0 Å². The number of halogens is 1. The molecule has 2 aliphatic carbocycles. The van der Waals surface area contributed by atoms with Gasteiger partial charge in [0.2, 0.25) is 5.91 Å². The number of aryl methyl sites for hydroxylation is 1. The number of benzene rings is 3. The summed E-state index contributed by atoms with van der Waals surface area (Å²) >= 11 is 0. The second-order valence-corrected chi connectivity index (χ2v) is 11.2. The Hall–Kier alpha value is -4.19. The van der Waals surface area contributed by atoms with Crippen molar-refractivity contribution in [3.05, 3.63) is 113 Å². The first kappa shape index (κ1) is 27.0. The number of carbonyl (C=O) groups excluding carboxylic acids is 2. The van der Waals surface area contributed by atoms with E-state index < -0.39 is 6.04 Å². The fourth-order valence-electron chi connectivity index (χ4n) is 6.38. The zero-order valence-electron chi connectivity index (χ0n) is 23.2. The number of hydrogen-bond donors (Lipinski definition) is 2. The lowest BCUT2D eigenvalue weighted by Gasteiger charge is -2.35. The van der Waals surface area contributed by atoms with E-state index in [-0.39, 0.29) is 23.7 Å². The lowest BCUT2D eigenvalue weighted by Crippen LogP contribution is -2.47. The first-order chi connectivity index (χ1) is 20.1. The Bertz CT molecular complexity index is 1510. The molecule has 0 radical (unpaired) electrons. The van der Waals surface area contributed by atoms with E-state index in [9.17, 15) is 14.0 Å². The maximum atomic E-state index is 14.6. The van der Waals surface area contributed by atoms with Crippen molar-refractivity contribution < 1.29 is 14.0 Å². The van der Waals surface area contributed by atoms with E-state index in [1.54, 1.807) is 23.1 Å². The predicted octanol–water partition coefficient (Wildman–Crippen LogP) is 7.54. The number of carbonyl (C=O) groups is 2. The fraction of sp³-hybridized carbons (Fsp3) is 0.314. The van der Waals surface area contributed by atoms with Crippen LogP contribution in [0.5, 0.6) is 0 Å². The molecule has 2 aliphatic rings. The minimum absolute atomic E-state index is 0.0657. The number of nitrogens with one attached hydrogen (secondary N) is 2. The van der Waals surface area contributed by atoms with E-state index in [2.05, 4.69) is 16.4 Å². The lowest BCUT2D eigenvalue weighted by atomic mass is 9.89. The van der Waals surface area contributed by atoms with Crippen LogP contribution in [0.4, 0.5) is 10.1 Å². The molecule has 6 rings (SSSR count). The number of nitrogens with zero attached hydrogens (tertiary/aromatic N) is 1. The van der Waals surface area contributed by atoms with Crippen molar-refractivity contribution in [1.29, 1.82) is 0 Å². The quantitative estimate of drug-likeness (QED) is 0.250. The third-order valence-electron chi connectivity index (χ3n) is 8.49. The van der Waals surface area contributed by atoms with Gasteiger partial charge in [-0.3, -0.25) is 14.5 Å². The molecule has 1 atom stereocenters. The van der Waals surface area contributed by atoms with Crippen molar-refractivity contribution in [2.45, 2.75) is 69.9 Å². The molecule has 1 aromatic heterocycles. The van der Waals surface area contributed by atoms with Gasteiger partial charge >= 0.3 is 0 Å². The summed E-state index contributed by atoms with van der Waals surface area (Å²) < 4.78 is 14.1. The van der Waals surface area contributed by atoms with Crippen LogP contribution in [0.15, 0.2) is 84.9 Å². The predicted molar refractivity (Wildman–Crippen MR) is 160 cm³/mol. The summed E-state index contributed by atoms with van der Waals surface area (Å²) in [5.41, 5.74) is 5.85. The number of aromatic amines is 1. The van der Waals surface area contributed by atoms with E-state index >= 15 is 0 Å². The number of hydrogen-bond acceptors (Lipinski definition) is 2. The molecule has 3 aromatic carbocycles. The Kier molecular flexibility index (Phi) is 7.99. The summed E-state index contributed by atoms with van der Waals surface area (Å²) in [6.07, 6.45) is 9.09. The average molecular weight is 550 g/mol. The monoisotopic (exact) mass is 549 g/mol. The molecule has 0 spiro atoms. The summed E-state index contributed by atoms with van der Waals surface area (Å²) in [7, 11) is 0. The summed E-state index contributed by atoms with van der Waals surface area (Å²) in [5, 5.41) is 3.26. The van der Waals surface area contributed by atoms with Gasteiger partial charge in [0.05, 0.1) is 0 Å². The summed E-state index contributed by atoms with van der Waals surface area (Å²) in [6.45, 7) is 0.